The van der Waals surface area contributed by atoms with Crippen LogP contribution in [0.5, 0.6) is 0 Å². The lowest BCUT2D eigenvalue weighted by molar-refractivity contribution is -0.857. The average molecular weight is 168 g/mol. The van der Waals surface area contributed by atoms with Crippen molar-refractivity contribution in [3.8, 4) is 0 Å². The molecule has 0 aliphatic rings. The molecule has 4 N–H and O–H groups in total. The van der Waals surface area contributed by atoms with Gasteiger partial charge in [0.2, 0.25) is 5.91 Å². The van der Waals surface area contributed by atoms with Gasteiger partial charge in [0.05, 0.1) is 27.1 Å². The van der Waals surface area contributed by atoms with Gasteiger partial charge in [-0.25, -0.2) is 5.84 Å². The van der Waals surface area contributed by atoms with Gasteiger partial charge in [-0.05, 0) is 0 Å². The van der Waals surface area contributed by atoms with Crippen molar-refractivity contribution >= 4 is 5.91 Å². The molecule has 0 aliphatic carbocycles. The van der Waals surface area contributed by atoms with E-state index in [1.54, 1.807) is 0 Å². The van der Waals surface area contributed by atoms with Crippen LogP contribution in [-0.4, -0.2) is 26.5 Å². The lowest BCUT2D eigenvalue weighted by Gasteiger charge is -2.04. The lowest BCUT2D eigenvalue weighted by Crippen LogP contribution is -3.05. The van der Waals surface area contributed by atoms with Crippen molar-refractivity contribution in [1.29, 1.82) is 0 Å². The van der Waals surface area contributed by atoms with Gasteiger partial charge in [0.25, 0.3) is 0 Å². The summed E-state index contributed by atoms with van der Waals surface area (Å²) in [5.74, 6) is 4.75. The minimum absolute atomic E-state index is 0. The van der Waals surface area contributed by atoms with Gasteiger partial charge in [0, 0.05) is 0 Å². The Morgan fingerprint density at radius 2 is 2.10 bits per heavy atom. The normalized spacial score (nSPS) is 8.80. The number of rotatable bonds is 3. The molecule has 0 aromatic rings. The van der Waals surface area contributed by atoms with Crippen LogP contribution in [0.4, 0.5) is 0 Å². The summed E-state index contributed by atoms with van der Waals surface area (Å²) in [6.45, 7) is 0.822. The summed E-state index contributed by atoms with van der Waals surface area (Å²) < 4.78 is 0. The van der Waals surface area contributed by atoms with Crippen LogP contribution in [-0.2, 0) is 4.79 Å². The zero-order chi connectivity index (χ0) is 7.28. The number of halogens is 1. The molecule has 0 fully saturated rings. The van der Waals surface area contributed by atoms with Gasteiger partial charge in [-0.3, -0.25) is 10.2 Å². The Morgan fingerprint density at radius 1 is 1.60 bits per heavy atom. The van der Waals surface area contributed by atoms with E-state index in [1.807, 2.05) is 14.1 Å². The fourth-order valence-electron chi connectivity index (χ4n) is 0.436. The van der Waals surface area contributed by atoms with Crippen molar-refractivity contribution in [1.82, 2.24) is 5.43 Å². The Kier molecular flexibility index (Phi) is 8.40. The summed E-state index contributed by atoms with van der Waals surface area (Å²) in [5, 5.41) is 0. The van der Waals surface area contributed by atoms with Crippen LogP contribution in [0, 0.1) is 0 Å². The fourth-order valence-corrected chi connectivity index (χ4v) is 0.436. The van der Waals surface area contributed by atoms with Gasteiger partial charge in [0.1, 0.15) is 0 Å². The first-order valence-corrected chi connectivity index (χ1v) is 2.95. The molecule has 0 aromatic carbocycles. The first kappa shape index (κ1) is 12.4. The van der Waals surface area contributed by atoms with Crippen molar-refractivity contribution in [2.75, 3.05) is 20.6 Å². The minimum atomic E-state index is -0.101. The molecule has 0 saturated heterocycles. The predicted octanol–water partition coefficient (Wildman–Crippen LogP) is -5.49. The SMILES string of the molecule is C[NH+](C)CCC(=O)NN.[Cl-]. The molecule has 0 unspecified atom stereocenters. The van der Waals surface area contributed by atoms with Gasteiger partial charge >= 0.3 is 0 Å². The summed E-state index contributed by atoms with van der Waals surface area (Å²) in [5.41, 5.74) is 2.07. The fraction of sp³-hybridized carbons (Fsp3) is 0.800. The van der Waals surface area contributed by atoms with Crippen LogP contribution in [0.2, 0.25) is 0 Å². The average Bonchev–Trinajstić information content (AvgIpc) is 1.83. The van der Waals surface area contributed by atoms with Crippen molar-refractivity contribution in [3.63, 3.8) is 0 Å². The first-order valence-electron chi connectivity index (χ1n) is 2.95. The molecule has 4 nitrogen and oxygen atoms in total. The standard InChI is InChI=1S/C5H13N3O.ClH/c1-8(2)4-3-5(9)7-6;/h3-4,6H2,1-2H3,(H,7,9);1H. The summed E-state index contributed by atoms with van der Waals surface area (Å²) in [4.78, 5) is 11.7. The van der Waals surface area contributed by atoms with Gasteiger partial charge in [-0.15, -0.1) is 0 Å². The van der Waals surface area contributed by atoms with Crippen LogP contribution < -0.4 is 28.6 Å². The second kappa shape index (κ2) is 6.80. The number of nitrogens with two attached hydrogens (primary N) is 1. The molecule has 62 valence electrons. The predicted molar refractivity (Wildman–Crippen MR) is 34.6 cm³/mol. The minimum Gasteiger partial charge on any atom is -1.00 e. The van der Waals surface area contributed by atoms with Gasteiger partial charge in [0.15, 0.2) is 0 Å². The van der Waals surface area contributed by atoms with E-state index in [0.717, 1.165) is 6.54 Å². The first-order chi connectivity index (χ1) is 4.16. The van der Waals surface area contributed by atoms with E-state index in [9.17, 15) is 4.79 Å². The number of hydrogen-bond acceptors (Lipinski definition) is 2. The molecule has 0 atom stereocenters. The highest BCUT2D eigenvalue weighted by Crippen LogP contribution is 1.67. The quantitative estimate of drug-likeness (QED) is 0.223. The molecule has 5 heteroatoms. The van der Waals surface area contributed by atoms with Crippen molar-refractivity contribution in [3.05, 3.63) is 0 Å². The number of carbonyl (C=O) groups is 1. The highest BCUT2D eigenvalue weighted by atomic mass is 35.5. The Morgan fingerprint density at radius 3 is 2.40 bits per heavy atom. The zero-order valence-corrected chi connectivity index (χ0v) is 7.03. The number of hydrogen-bond donors (Lipinski definition) is 3. The van der Waals surface area contributed by atoms with Gasteiger partial charge in [-0.1, -0.05) is 0 Å². The van der Waals surface area contributed by atoms with Crippen LogP contribution in [0.1, 0.15) is 6.42 Å². The molecular weight excluding hydrogens is 154 g/mol. The van der Waals surface area contributed by atoms with Crippen LogP contribution in [0.25, 0.3) is 0 Å². The molecule has 10 heavy (non-hydrogen) atoms. The highest BCUT2D eigenvalue weighted by molar-refractivity contribution is 5.75. The summed E-state index contributed by atoms with van der Waals surface area (Å²) in [6.07, 6.45) is 0.499. The molecular formula is C5H14ClN3O. The molecule has 0 saturated carbocycles. The molecule has 0 aliphatic heterocycles. The van der Waals surface area contributed by atoms with E-state index >= 15 is 0 Å². The van der Waals surface area contributed by atoms with E-state index in [1.165, 1.54) is 4.90 Å². The molecule has 0 spiro atoms. The van der Waals surface area contributed by atoms with Gasteiger partial charge in [-0.2, -0.15) is 0 Å². The number of amides is 1. The zero-order valence-electron chi connectivity index (χ0n) is 6.28. The second-order valence-corrected chi connectivity index (χ2v) is 2.27. The molecule has 0 heterocycles. The number of quaternary nitrogens is 1. The van der Waals surface area contributed by atoms with E-state index in [-0.39, 0.29) is 18.3 Å². The van der Waals surface area contributed by atoms with Crippen molar-refractivity contribution in [2.45, 2.75) is 6.42 Å². The molecule has 0 radical (unpaired) electrons. The summed E-state index contributed by atoms with van der Waals surface area (Å²) in [7, 11) is 3.98. The number of hydrazine groups is 1. The Labute approximate surface area is 67.1 Å². The van der Waals surface area contributed by atoms with Crippen LogP contribution >= 0.6 is 0 Å². The van der Waals surface area contributed by atoms with E-state index < -0.39 is 0 Å². The van der Waals surface area contributed by atoms with Crippen LogP contribution in [0.15, 0.2) is 0 Å². The monoisotopic (exact) mass is 167 g/mol. The summed E-state index contributed by atoms with van der Waals surface area (Å²) >= 11 is 0. The topological polar surface area (TPSA) is 59.6 Å². The van der Waals surface area contributed by atoms with Crippen molar-refractivity contribution < 1.29 is 22.1 Å². The van der Waals surface area contributed by atoms with E-state index in [2.05, 4.69) is 5.43 Å². The highest BCUT2D eigenvalue weighted by Gasteiger charge is 1.99. The largest absolute Gasteiger partial charge is 1.00 e. The molecule has 0 aromatic heterocycles. The Balaban J connectivity index is 0. The Hall–Kier alpha value is -0.320. The van der Waals surface area contributed by atoms with E-state index in [0.29, 0.717) is 6.42 Å². The Bertz CT molecular complexity index is 96.9. The van der Waals surface area contributed by atoms with E-state index in [4.69, 9.17) is 5.84 Å². The maximum Gasteiger partial charge on any atom is 0.239 e. The molecule has 1 amide bonds. The second-order valence-electron chi connectivity index (χ2n) is 2.27. The number of nitrogens with one attached hydrogen (secondary N) is 2. The van der Waals surface area contributed by atoms with Gasteiger partial charge < -0.3 is 17.3 Å². The molecule has 0 rings (SSSR count). The summed E-state index contributed by atoms with van der Waals surface area (Å²) in [6, 6.07) is 0. The third kappa shape index (κ3) is 7.68. The maximum absolute atomic E-state index is 10.5. The maximum atomic E-state index is 10.5. The third-order valence-electron chi connectivity index (χ3n) is 1.01. The van der Waals surface area contributed by atoms with Crippen LogP contribution in [0.3, 0.4) is 0 Å². The third-order valence-corrected chi connectivity index (χ3v) is 1.01. The molecule has 0 bridgehead atoms. The smallest absolute Gasteiger partial charge is 0.239 e. The number of carbonyl (C=O) groups excluding carboxylic acids is 1. The lowest BCUT2D eigenvalue weighted by atomic mass is 10.4. The van der Waals surface area contributed by atoms with Crippen molar-refractivity contribution in [2.24, 2.45) is 5.84 Å².